The number of methoxy groups -OCH3 is 1. The van der Waals surface area contributed by atoms with Crippen molar-refractivity contribution >= 4 is 5.95 Å². The molecule has 0 fully saturated rings. The summed E-state index contributed by atoms with van der Waals surface area (Å²) >= 11 is 0. The van der Waals surface area contributed by atoms with Crippen LogP contribution in [-0.2, 0) is 18.4 Å². The van der Waals surface area contributed by atoms with Crippen molar-refractivity contribution in [3.63, 3.8) is 0 Å². The van der Waals surface area contributed by atoms with Gasteiger partial charge in [-0.2, -0.15) is 0 Å². The van der Waals surface area contributed by atoms with Crippen LogP contribution in [0.1, 0.15) is 31.9 Å². The summed E-state index contributed by atoms with van der Waals surface area (Å²) in [4.78, 5) is 18.1. The molecule has 5 heteroatoms. The smallest absolute Gasteiger partial charge is 0.259 e. The van der Waals surface area contributed by atoms with Crippen molar-refractivity contribution in [3.05, 3.63) is 52.3 Å². The average Bonchev–Trinajstić information content (AvgIpc) is 2.57. The molecule has 2 aromatic rings. The van der Waals surface area contributed by atoms with Crippen LogP contribution < -0.4 is 15.6 Å². The van der Waals surface area contributed by atoms with Gasteiger partial charge in [0.15, 0.2) is 0 Å². The first-order valence-corrected chi connectivity index (χ1v) is 8.60. The van der Waals surface area contributed by atoms with Crippen molar-refractivity contribution in [2.24, 2.45) is 0 Å². The fourth-order valence-electron chi connectivity index (χ4n) is 3.57. The number of hydrogen-bond acceptors (Lipinski definition) is 4. The van der Waals surface area contributed by atoms with E-state index < -0.39 is 0 Å². The molecule has 0 spiro atoms. The number of hydrogen-bond donors (Lipinski definition) is 1. The van der Waals surface area contributed by atoms with Crippen LogP contribution in [0.15, 0.2) is 35.6 Å². The molecule has 132 valence electrons. The number of ether oxygens (including phenoxy) is 1. The van der Waals surface area contributed by atoms with E-state index in [1.807, 2.05) is 19.1 Å². The van der Waals surface area contributed by atoms with E-state index in [1.165, 1.54) is 5.56 Å². The average molecular weight is 339 g/mol. The quantitative estimate of drug-likeness (QED) is 0.849. The molecule has 0 atom stereocenters. The van der Waals surface area contributed by atoms with Crippen LogP contribution in [-0.4, -0.2) is 23.2 Å². The summed E-state index contributed by atoms with van der Waals surface area (Å²) in [5, 5.41) is 3.21. The topological polar surface area (TPSA) is 56.2 Å². The zero-order valence-electron chi connectivity index (χ0n) is 15.3. The zero-order valence-corrected chi connectivity index (χ0v) is 15.3. The fraction of sp³-hybridized carbons (Fsp3) is 0.400. The minimum absolute atomic E-state index is 0.000630. The van der Waals surface area contributed by atoms with Crippen molar-refractivity contribution < 1.29 is 4.74 Å². The Bertz CT molecular complexity index is 881. The predicted octanol–water partition coefficient (Wildman–Crippen LogP) is 3.37. The molecule has 0 saturated carbocycles. The molecule has 0 bridgehead atoms. The van der Waals surface area contributed by atoms with E-state index in [2.05, 4.69) is 31.8 Å². The van der Waals surface area contributed by atoms with Crippen LogP contribution in [0.25, 0.3) is 11.3 Å². The third-order valence-electron chi connectivity index (χ3n) is 4.70. The van der Waals surface area contributed by atoms with Crippen molar-refractivity contribution in [2.45, 2.75) is 39.2 Å². The summed E-state index contributed by atoms with van der Waals surface area (Å²) in [6.45, 7) is 11.1. The van der Waals surface area contributed by atoms with Gasteiger partial charge in [0.25, 0.3) is 5.56 Å². The maximum atomic E-state index is 13.3. The van der Waals surface area contributed by atoms with Crippen LogP contribution in [0.3, 0.4) is 0 Å². The number of allylic oxidation sites excluding steroid dienone is 1. The molecule has 1 heterocycles. The van der Waals surface area contributed by atoms with E-state index >= 15 is 0 Å². The highest BCUT2D eigenvalue weighted by molar-refractivity contribution is 5.73. The monoisotopic (exact) mass is 339 g/mol. The first-order chi connectivity index (χ1) is 11.9. The maximum Gasteiger partial charge on any atom is 0.259 e. The highest BCUT2D eigenvalue weighted by Gasteiger charge is 2.36. The minimum atomic E-state index is -0.283. The second-order valence-corrected chi connectivity index (χ2v) is 6.98. The number of benzene rings is 1. The van der Waals surface area contributed by atoms with Crippen LogP contribution in [0.4, 0.5) is 5.95 Å². The number of anilines is 1. The highest BCUT2D eigenvalue weighted by Crippen LogP contribution is 2.42. The number of rotatable bonds is 5. The van der Waals surface area contributed by atoms with Gasteiger partial charge < -0.3 is 10.1 Å². The van der Waals surface area contributed by atoms with Gasteiger partial charge in [0, 0.05) is 29.6 Å². The molecule has 0 saturated heterocycles. The molecular weight excluding hydrogens is 314 g/mol. The molecule has 1 aliphatic rings. The summed E-state index contributed by atoms with van der Waals surface area (Å²) < 4.78 is 7.05. The van der Waals surface area contributed by atoms with Gasteiger partial charge in [-0.1, -0.05) is 26.0 Å². The Labute approximate surface area is 148 Å². The third kappa shape index (κ3) is 2.84. The molecule has 3 rings (SSSR count). The minimum Gasteiger partial charge on any atom is -0.497 e. The summed E-state index contributed by atoms with van der Waals surface area (Å²) in [6.07, 6.45) is 2.52. The molecule has 0 aliphatic heterocycles. The fourth-order valence-corrected chi connectivity index (χ4v) is 3.57. The van der Waals surface area contributed by atoms with Crippen LogP contribution in [0, 0.1) is 0 Å². The molecule has 0 unspecified atom stereocenters. The van der Waals surface area contributed by atoms with E-state index in [4.69, 9.17) is 9.72 Å². The van der Waals surface area contributed by atoms with Gasteiger partial charge in [-0.05, 0) is 31.0 Å². The first kappa shape index (κ1) is 17.3. The predicted molar refractivity (Wildman–Crippen MR) is 102 cm³/mol. The molecule has 0 amide bonds. The van der Waals surface area contributed by atoms with E-state index in [0.717, 1.165) is 29.0 Å². The molecule has 1 aromatic carbocycles. The Balaban J connectivity index is 2.36. The molecule has 0 radical (unpaired) electrons. The van der Waals surface area contributed by atoms with Crippen LogP contribution >= 0.6 is 0 Å². The van der Waals surface area contributed by atoms with Crippen molar-refractivity contribution in [3.8, 4) is 17.0 Å². The number of fused-ring (bicyclic) bond motifs is 3. The second kappa shape index (κ2) is 6.39. The second-order valence-electron chi connectivity index (χ2n) is 6.98. The maximum absolute atomic E-state index is 13.3. The molecule has 1 N–H and O–H groups in total. The van der Waals surface area contributed by atoms with Gasteiger partial charge in [-0.15, -0.1) is 6.58 Å². The summed E-state index contributed by atoms with van der Waals surface area (Å²) in [5.74, 6) is 1.35. The standard InChI is InChI=1S/C20H25N3O2/c1-6-10-23-18(24)16-17(22-19(23)21-7-2)15-11-14(25-5)9-8-13(15)12-20(16,3)4/h6,8-9,11H,1,7,10,12H2,2-5H3,(H,21,22). The Morgan fingerprint density at radius 1 is 1.44 bits per heavy atom. The lowest BCUT2D eigenvalue weighted by molar-refractivity contribution is 0.414. The van der Waals surface area contributed by atoms with E-state index in [9.17, 15) is 4.79 Å². The van der Waals surface area contributed by atoms with Gasteiger partial charge in [-0.25, -0.2) is 4.98 Å². The molecule has 1 aromatic heterocycles. The van der Waals surface area contributed by atoms with E-state index in [-0.39, 0.29) is 11.0 Å². The lowest BCUT2D eigenvalue weighted by atomic mass is 9.72. The number of nitrogens with one attached hydrogen (secondary N) is 1. The lowest BCUT2D eigenvalue weighted by Gasteiger charge is -2.33. The van der Waals surface area contributed by atoms with E-state index in [1.54, 1.807) is 17.8 Å². The van der Waals surface area contributed by atoms with Gasteiger partial charge in [0.2, 0.25) is 5.95 Å². The summed E-state index contributed by atoms with van der Waals surface area (Å²) in [5.41, 5.74) is 3.40. The molecule has 5 nitrogen and oxygen atoms in total. The van der Waals surface area contributed by atoms with Gasteiger partial charge in [-0.3, -0.25) is 9.36 Å². The molecule has 25 heavy (non-hydrogen) atoms. The Kier molecular flexibility index (Phi) is 4.41. The number of nitrogens with zero attached hydrogens (tertiary/aromatic N) is 2. The zero-order chi connectivity index (χ0) is 18.2. The van der Waals surface area contributed by atoms with E-state index in [0.29, 0.717) is 19.0 Å². The largest absolute Gasteiger partial charge is 0.497 e. The van der Waals surface area contributed by atoms with Crippen LogP contribution in [0.5, 0.6) is 5.75 Å². The SMILES string of the molecule is C=CCn1c(NCC)nc2c(c1=O)C(C)(C)Cc1ccc(OC)cc1-2. The van der Waals surface area contributed by atoms with Crippen molar-refractivity contribution in [1.82, 2.24) is 9.55 Å². The highest BCUT2D eigenvalue weighted by atomic mass is 16.5. The molecule has 1 aliphatic carbocycles. The van der Waals surface area contributed by atoms with Crippen LogP contribution in [0.2, 0.25) is 0 Å². The van der Waals surface area contributed by atoms with Gasteiger partial charge in [0.05, 0.1) is 12.8 Å². The summed E-state index contributed by atoms with van der Waals surface area (Å²) in [6, 6.07) is 6.01. The van der Waals surface area contributed by atoms with Gasteiger partial charge in [0.1, 0.15) is 5.75 Å². The Morgan fingerprint density at radius 2 is 2.20 bits per heavy atom. The van der Waals surface area contributed by atoms with Gasteiger partial charge >= 0.3 is 0 Å². The third-order valence-corrected chi connectivity index (χ3v) is 4.70. The Morgan fingerprint density at radius 3 is 2.84 bits per heavy atom. The number of aromatic nitrogens is 2. The van der Waals surface area contributed by atoms with Crippen molar-refractivity contribution in [2.75, 3.05) is 19.0 Å². The van der Waals surface area contributed by atoms with Crippen molar-refractivity contribution in [1.29, 1.82) is 0 Å². The first-order valence-electron chi connectivity index (χ1n) is 8.60. The molecular formula is C20H25N3O2. The Hall–Kier alpha value is -2.56. The lowest BCUT2D eigenvalue weighted by Crippen LogP contribution is -2.38. The normalized spacial score (nSPS) is 14.4. The summed E-state index contributed by atoms with van der Waals surface area (Å²) in [7, 11) is 1.65.